The molecule has 0 radical (unpaired) electrons. The van der Waals surface area contributed by atoms with Gasteiger partial charge in [0, 0.05) is 10.5 Å². The van der Waals surface area contributed by atoms with Gasteiger partial charge in [0.05, 0.1) is 11.4 Å². The highest BCUT2D eigenvalue weighted by Gasteiger charge is 2.20. The van der Waals surface area contributed by atoms with Crippen LogP contribution in [-0.4, -0.2) is 26.8 Å². The molecule has 1 saturated carbocycles. The molecule has 2 N–H and O–H groups in total. The third kappa shape index (κ3) is 4.78. The molecule has 106 valence electrons. The number of sulfonamides is 1. The van der Waals surface area contributed by atoms with Crippen molar-refractivity contribution >= 4 is 31.6 Å². The zero-order valence-corrected chi connectivity index (χ0v) is 13.4. The lowest BCUT2D eigenvalue weighted by atomic mass is 10.2. The Morgan fingerprint density at radius 3 is 2.79 bits per heavy atom. The lowest BCUT2D eigenvalue weighted by molar-refractivity contribution is 0.593. The Bertz CT molecular complexity index is 542. The van der Waals surface area contributed by atoms with E-state index in [1.54, 1.807) is 6.07 Å². The quantitative estimate of drug-likeness (QED) is 0.746. The fourth-order valence-electron chi connectivity index (χ4n) is 1.80. The van der Waals surface area contributed by atoms with E-state index in [2.05, 4.69) is 26.0 Å². The lowest BCUT2D eigenvalue weighted by Gasteiger charge is -2.11. The van der Waals surface area contributed by atoms with Crippen LogP contribution in [0, 0.1) is 6.92 Å². The van der Waals surface area contributed by atoms with Crippen LogP contribution >= 0.6 is 15.9 Å². The van der Waals surface area contributed by atoms with Crippen LogP contribution in [0.3, 0.4) is 0 Å². The van der Waals surface area contributed by atoms with Crippen LogP contribution in [0.4, 0.5) is 5.69 Å². The number of halogens is 1. The molecule has 0 bridgehead atoms. The van der Waals surface area contributed by atoms with Crippen LogP contribution < -0.4 is 10.0 Å². The molecule has 2 rings (SSSR count). The number of aryl methyl sites for hydroxylation is 1. The Kier molecular flexibility index (Phi) is 4.86. The third-order valence-corrected chi connectivity index (χ3v) is 5.47. The van der Waals surface area contributed by atoms with Crippen molar-refractivity contribution in [2.45, 2.75) is 32.2 Å². The van der Waals surface area contributed by atoms with Gasteiger partial charge in [-0.3, -0.25) is 4.72 Å². The first-order valence-electron chi connectivity index (χ1n) is 6.47. The van der Waals surface area contributed by atoms with Gasteiger partial charge in [-0.1, -0.05) is 12.1 Å². The van der Waals surface area contributed by atoms with E-state index in [1.165, 1.54) is 12.8 Å². The summed E-state index contributed by atoms with van der Waals surface area (Å²) in [7, 11) is -3.27. The minimum Gasteiger partial charge on any atom is -0.314 e. The minimum absolute atomic E-state index is 0.146. The molecule has 1 aliphatic rings. The first-order valence-corrected chi connectivity index (χ1v) is 8.91. The molecular weight excluding hydrogens is 328 g/mol. The third-order valence-electron chi connectivity index (χ3n) is 3.06. The van der Waals surface area contributed by atoms with Crippen molar-refractivity contribution in [3.63, 3.8) is 0 Å². The monoisotopic (exact) mass is 346 g/mol. The van der Waals surface area contributed by atoms with Crippen LogP contribution in [0.1, 0.15) is 24.8 Å². The van der Waals surface area contributed by atoms with Crippen LogP contribution in [0.2, 0.25) is 0 Å². The Labute approximate surface area is 123 Å². The van der Waals surface area contributed by atoms with Gasteiger partial charge < -0.3 is 5.32 Å². The van der Waals surface area contributed by atoms with E-state index in [0.29, 0.717) is 18.2 Å². The molecule has 1 aliphatic carbocycles. The van der Waals surface area contributed by atoms with Crippen molar-refractivity contribution in [3.8, 4) is 0 Å². The van der Waals surface area contributed by atoms with Gasteiger partial charge in [0.25, 0.3) is 0 Å². The molecule has 6 heteroatoms. The fourth-order valence-corrected chi connectivity index (χ4v) is 3.43. The van der Waals surface area contributed by atoms with Crippen LogP contribution in [0.5, 0.6) is 0 Å². The van der Waals surface area contributed by atoms with E-state index in [4.69, 9.17) is 0 Å². The van der Waals surface area contributed by atoms with Crippen molar-refractivity contribution in [2.24, 2.45) is 0 Å². The molecule has 1 aromatic carbocycles. The molecular formula is C13H19BrN2O2S. The van der Waals surface area contributed by atoms with Crippen LogP contribution in [0.15, 0.2) is 22.7 Å². The van der Waals surface area contributed by atoms with E-state index in [-0.39, 0.29) is 5.75 Å². The summed E-state index contributed by atoms with van der Waals surface area (Å²) in [6, 6.07) is 6.16. The number of benzene rings is 1. The van der Waals surface area contributed by atoms with Crippen molar-refractivity contribution in [3.05, 3.63) is 28.2 Å². The number of hydrogen-bond acceptors (Lipinski definition) is 3. The zero-order chi connectivity index (χ0) is 13.9. The van der Waals surface area contributed by atoms with E-state index < -0.39 is 10.0 Å². The number of anilines is 1. The molecule has 1 aromatic rings. The van der Waals surface area contributed by atoms with Crippen molar-refractivity contribution < 1.29 is 8.42 Å². The van der Waals surface area contributed by atoms with Gasteiger partial charge in [0.1, 0.15) is 0 Å². The fraction of sp³-hybridized carbons (Fsp3) is 0.538. The largest absolute Gasteiger partial charge is 0.314 e. The number of hydrogen-bond donors (Lipinski definition) is 2. The summed E-state index contributed by atoms with van der Waals surface area (Å²) in [6.45, 7) is 2.70. The van der Waals surface area contributed by atoms with Gasteiger partial charge in [0.15, 0.2) is 0 Å². The SMILES string of the molecule is Cc1cccc(NS(=O)(=O)CCCNC2CC2)c1Br. The van der Waals surface area contributed by atoms with Gasteiger partial charge in [0.2, 0.25) is 10.0 Å². The van der Waals surface area contributed by atoms with Crippen molar-refractivity contribution in [1.29, 1.82) is 0 Å². The van der Waals surface area contributed by atoms with Crippen LogP contribution in [-0.2, 0) is 10.0 Å². The summed E-state index contributed by atoms with van der Waals surface area (Å²) < 4.78 is 27.4. The molecule has 19 heavy (non-hydrogen) atoms. The second-order valence-electron chi connectivity index (χ2n) is 4.94. The lowest BCUT2D eigenvalue weighted by Crippen LogP contribution is -2.23. The van der Waals surface area contributed by atoms with E-state index in [0.717, 1.165) is 16.6 Å². The van der Waals surface area contributed by atoms with Crippen LogP contribution in [0.25, 0.3) is 0 Å². The van der Waals surface area contributed by atoms with E-state index >= 15 is 0 Å². The highest BCUT2D eigenvalue weighted by molar-refractivity contribution is 9.10. The summed E-state index contributed by atoms with van der Waals surface area (Å²) in [5.74, 6) is 0.146. The first-order chi connectivity index (χ1) is 8.98. The Morgan fingerprint density at radius 2 is 2.11 bits per heavy atom. The molecule has 0 amide bonds. The van der Waals surface area contributed by atoms with Gasteiger partial charge in [-0.15, -0.1) is 0 Å². The van der Waals surface area contributed by atoms with Crippen molar-refractivity contribution in [2.75, 3.05) is 17.0 Å². The Balaban J connectivity index is 1.86. The van der Waals surface area contributed by atoms with E-state index in [1.807, 2.05) is 19.1 Å². The van der Waals surface area contributed by atoms with Gasteiger partial charge in [-0.2, -0.15) is 0 Å². The topological polar surface area (TPSA) is 58.2 Å². The molecule has 0 aliphatic heterocycles. The van der Waals surface area contributed by atoms with E-state index in [9.17, 15) is 8.42 Å². The predicted molar refractivity (Wildman–Crippen MR) is 81.9 cm³/mol. The molecule has 1 fully saturated rings. The minimum atomic E-state index is -3.27. The predicted octanol–water partition coefficient (Wildman–Crippen LogP) is 2.64. The highest BCUT2D eigenvalue weighted by atomic mass is 79.9. The smallest absolute Gasteiger partial charge is 0.232 e. The molecule has 0 atom stereocenters. The summed E-state index contributed by atoms with van der Waals surface area (Å²) in [4.78, 5) is 0. The summed E-state index contributed by atoms with van der Waals surface area (Å²) in [5.41, 5.74) is 1.62. The second kappa shape index (κ2) is 6.24. The average Bonchev–Trinajstić information content (AvgIpc) is 3.15. The maximum atomic E-state index is 12.0. The molecule has 4 nitrogen and oxygen atoms in total. The second-order valence-corrected chi connectivity index (χ2v) is 7.57. The maximum Gasteiger partial charge on any atom is 0.232 e. The Hall–Kier alpha value is -0.590. The molecule has 0 aromatic heterocycles. The number of nitrogens with one attached hydrogen (secondary N) is 2. The molecule has 0 saturated heterocycles. The van der Waals surface area contributed by atoms with Gasteiger partial charge in [-0.05, 0) is 60.3 Å². The Morgan fingerprint density at radius 1 is 1.37 bits per heavy atom. The molecule has 0 heterocycles. The average molecular weight is 347 g/mol. The van der Waals surface area contributed by atoms with Gasteiger partial charge in [-0.25, -0.2) is 8.42 Å². The molecule has 0 unspecified atom stereocenters. The van der Waals surface area contributed by atoms with Crippen molar-refractivity contribution in [1.82, 2.24) is 5.32 Å². The summed E-state index contributed by atoms with van der Waals surface area (Å²) in [6.07, 6.45) is 3.08. The maximum absolute atomic E-state index is 12.0. The first kappa shape index (κ1) is 14.8. The molecule has 0 spiro atoms. The van der Waals surface area contributed by atoms with Gasteiger partial charge >= 0.3 is 0 Å². The zero-order valence-electron chi connectivity index (χ0n) is 10.9. The summed E-state index contributed by atoms with van der Waals surface area (Å²) >= 11 is 3.40. The number of rotatable bonds is 7. The summed E-state index contributed by atoms with van der Waals surface area (Å²) in [5, 5.41) is 3.31. The standard InChI is InChI=1S/C13H19BrN2O2S/c1-10-4-2-5-12(13(10)14)16-19(17,18)9-3-8-15-11-6-7-11/h2,4-5,11,15-16H,3,6-9H2,1H3. The highest BCUT2D eigenvalue weighted by Crippen LogP contribution is 2.26. The normalized spacial score (nSPS) is 15.5.